The molecule has 0 aliphatic heterocycles. The Morgan fingerprint density at radius 1 is 1.04 bits per heavy atom. The van der Waals surface area contributed by atoms with Gasteiger partial charge in [-0.25, -0.2) is 0 Å². The molecule has 0 saturated carbocycles. The molecule has 0 aliphatic carbocycles. The van der Waals surface area contributed by atoms with Gasteiger partial charge in [0.2, 0.25) is 0 Å². The quantitative estimate of drug-likeness (QED) is 0.632. The molecule has 3 atom stereocenters. The molecule has 23 heavy (non-hydrogen) atoms. The zero-order valence-electron chi connectivity index (χ0n) is 14.8. The van der Waals surface area contributed by atoms with E-state index >= 15 is 0 Å². The third-order valence-corrected chi connectivity index (χ3v) is 8.25. The molecular weight excluding hydrogens is 333 g/mol. The Balaban J connectivity index is 2.61. The standard InChI is InChI=1S/C20H29P3/c1-6-7-12-23(5)19-11-9-8-10-16(19)20-17(21-3)13-15(2)14-18(20)22-4/h8-11,13-14,21-23H,5-7,12H2,1-4H3. The third kappa shape index (κ3) is 4.57. The summed E-state index contributed by atoms with van der Waals surface area (Å²) in [6.07, 6.45) is 8.40. The summed E-state index contributed by atoms with van der Waals surface area (Å²) in [7, 11) is 0.963. The smallest absolute Gasteiger partial charge is 0.00290 e. The Hall–Kier alpha value is -0.400. The van der Waals surface area contributed by atoms with Crippen molar-refractivity contribution in [1.82, 2.24) is 0 Å². The number of aryl methyl sites for hydroxylation is 1. The van der Waals surface area contributed by atoms with Crippen molar-refractivity contribution in [2.24, 2.45) is 0 Å². The van der Waals surface area contributed by atoms with Gasteiger partial charge in [-0.1, -0.05) is 80.7 Å². The van der Waals surface area contributed by atoms with E-state index in [1.54, 1.807) is 0 Å². The normalized spacial score (nSPS) is 13.4. The summed E-state index contributed by atoms with van der Waals surface area (Å²) in [5.74, 6) is 0. The lowest BCUT2D eigenvalue weighted by Gasteiger charge is -2.19. The van der Waals surface area contributed by atoms with E-state index < -0.39 is 7.55 Å². The van der Waals surface area contributed by atoms with E-state index in [2.05, 4.69) is 69.9 Å². The van der Waals surface area contributed by atoms with Crippen molar-refractivity contribution >= 4 is 46.9 Å². The highest BCUT2D eigenvalue weighted by atomic mass is 31.1. The Morgan fingerprint density at radius 3 is 2.22 bits per heavy atom. The molecule has 3 heteroatoms. The molecule has 0 amide bonds. The number of rotatable bonds is 7. The molecule has 0 N–H and O–H groups in total. The van der Waals surface area contributed by atoms with Crippen molar-refractivity contribution in [2.45, 2.75) is 26.7 Å². The van der Waals surface area contributed by atoms with Crippen molar-refractivity contribution in [3.05, 3.63) is 42.0 Å². The second kappa shape index (κ2) is 9.18. The molecule has 0 spiro atoms. The number of hydrogen-bond acceptors (Lipinski definition) is 0. The predicted molar refractivity (Wildman–Crippen MR) is 119 cm³/mol. The highest BCUT2D eigenvalue weighted by molar-refractivity contribution is 7.64. The van der Waals surface area contributed by atoms with Crippen molar-refractivity contribution in [2.75, 3.05) is 19.5 Å². The average molecular weight is 362 g/mol. The molecule has 0 radical (unpaired) electrons. The Bertz CT molecular complexity index is 664. The third-order valence-electron chi connectivity index (χ3n) is 4.23. The monoisotopic (exact) mass is 362 g/mol. The Kier molecular flexibility index (Phi) is 7.56. The van der Waals surface area contributed by atoms with Crippen LogP contribution < -0.4 is 15.9 Å². The maximum atomic E-state index is 4.57. The van der Waals surface area contributed by atoms with Crippen LogP contribution in [0.25, 0.3) is 11.1 Å². The zero-order chi connectivity index (χ0) is 16.8. The van der Waals surface area contributed by atoms with Crippen molar-refractivity contribution in [1.29, 1.82) is 0 Å². The lowest BCUT2D eigenvalue weighted by atomic mass is 10.0. The van der Waals surface area contributed by atoms with Crippen LogP contribution in [0.5, 0.6) is 0 Å². The van der Waals surface area contributed by atoms with Crippen molar-refractivity contribution in [3.8, 4) is 11.1 Å². The molecule has 0 nitrogen and oxygen atoms in total. The molecule has 0 fully saturated rings. The van der Waals surface area contributed by atoms with Crippen LogP contribution in [0.4, 0.5) is 0 Å². The zero-order valence-corrected chi connectivity index (χ0v) is 17.8. The van der Waals surface area contributed by atoms with Crippen molar-refractivity contribution < 1.29 is 0 Å². The lowest BCUT2D eigenvalue weighted by Crippen LogP contribution is -2.17. The van der Waals surface area contributed by atoms with E-state index in [1.807, 2.05) is 0 Å². The molecule has 0 aliphatic rings. The first-order valence-electron chi connectivity index (χ1n) is 8.40. The molecule has 124 valence electrons. The van der Waals surface area contributed by atoms with Crippen LogP contribution in [-0.4, -0.2) is 25.8 Å². The van der Waals surface area contributed by atoms with Gasteiger partial charge >= 0.3 is 0 Å². The minimum absolute atomic E-state index is 0.709. The van der Waals surface area contributed by atoms with Crippen LogP contribution in [0.1, 0.15) is 25.3 Å². The van der Waals surface area contributed by atoms with Crippen LogP contribution in [0.2, 0.25) is 0 Å². The van der Waals surface area contributed by atoms with Crippen LogP contribution in [0.15, 0.2) is 36.4 Å². The fraction of sp³-hybridized carbons (Fsp3) is 0.350. The van der Waals surface area contributed by atoms with Crippen LogP contribution in [0, 0.1) is 6.92 Å². The summed E-state index contributed by atoms with van der Waals surface area (Å²) >= 11 is 0. The molecule has 2 rings (SSSR count). The number of benzene rings is 2. The van der Waals surface area contributed by atoms with Gasteiger partial charge in [0, 0.05) is 0 Å². The molecule has 0 aromatic heterocycles. The molecule has 0 heterocycles. The van der Waals surface area contributed by atoms with E-state index in [1.165, 1.54) is 51.6 Å². The van der Waals surface area contributed by atoms with Gasteiger partial charge in [0.25, 0.3) is 0 Å². The molecule has 0 bridgehead atoms. The summed E-state index contributed by atoms with van der Waals surface area (Å²) in [5.41, 5.74) is 4.36. The molecular formula is C20H29P3. The molecule has 2 aromatic carbocycles. The summed E-state index contributed by atoms with van der Waals surface area (Å²) in [6.45, 7) is 9.10. The Labute approximate surface area is 146 Å². The largest absolute Gasteiger partial charge is 0.0993 e. The van der Waals surface area contributed by atoms with Gasteiger partial charge in [-0.2, -0.15) is 0 Å². The summed E-state index contributed by atoms with van der Waals surface area (Å²) < 4.78 is 0. The van der Waals surface area contributed by atoms with Gasteiger partial charge in [-0.05, 0) is 65.4 Å². The van der Waals surface area contributed by atoms with E-state index in [-0.39, 0.29) is 0 Å². The number of hydrogen-bond donors (Lipinski definition) is 0. The van der Waals surface area contributed by atoms with Gasteiger partial charge in [-0.3, -0.25) is 0 Å². The fourth-order valence-corrected chi connectivity index (χ4v) is 6.88. The summed E-state index contributed by atoms with van der Waals surface area (Å²) in [4.78, 5) is 0. The lowest BCUT2D eigenvalue weighted by molar-refractivity contribution is 0.895. The van der Waals surface area contributed by atoms with Gasteiger partial charge in [0.15, 0.2) is 0 Å². The summed E-state index contributed by atoms with van der Waals surface area (Å²) in [5, 5.41) is 4.56. The van der Waals surface area contributed by atoms with Gasteiger partial charge in [0.05, 0.1) is 0 Å². The van der Waals surface area contributed by atoms with E-state index in [4.69, 9.17) is 0 Å². The summed E-state index contributed by atoms with van der Waals surface area (Å²) in [6, 6.07) is 13.8. The highest BCUT2D eigenvalue weighted by Crippen LogP contribution is 2.31. The van der Waals surface area contributed by atoms with Gasteiger partial charge < -0.3 is 0 Å². The Morgan fingerprint density at radius 2 is 1.65 bits per heavy atom. The van der Waals surface area contributed by atoms with Gasteiger partial charge in [0.1, 0.15) is 0 Å². The van der Waals surface area contributed by atoms with Gasteiger partial charge in [-0.15, -0.1) is 0 Å². The maximum Gasteiger partial charge on any atom is -0.00290 e. The predicted octanol–water partition coefficient (Wildman–Crippen LogP) is 4.60. The topological polar surface area (TPSA) is 0 Å². The average Bonchev–Trinajstić information content (AvgIpc) is 2.58. The highest BCUT2D eigenvalue weighted by Gasteiger charge is 2.14. The minimum atomic E-state index is -0.709. The van der Waals surface area contributed by atoms with Crippen LogP contribution >= 0.6 is 24.7 Å². The second-order valence-electron chi connectivity index (χ2n) is 5.99. The molecule has 0 saturated heterocycles. The first-order chi connectivity index (χ1) is 11.1. The minimum Gasteiger partial charge on any atom is -0.0993 e. The van der Waals surface area contributed by atoms with E-state index in [9.17, 15) is 0 Å². The molecule has 3 unspecified atom stereocenters. The van der Waals surface area contributed by atoms with Crippen molar-refractivity contribution in [3.63, 3.8) is 0 Å². The first kappa shape index (κ1) is 18.9. The van der Waals surface area contributed by atoms with Crippen LogP contribution in [-0.2, 0) is 0 Å². The first-order valence-corrected chi connectivity index (χ1v) is 13.3. The maximum absolute atomic E-state index is 4.57. The van der Waals surface area contributed by atoms with Crippen LogP contribution in [0.3, 0.4) is 0 Å². The van der Waals surface area contributed by atoms with E-state index in [0.717, 1.165) is 17.2 Å². The SMILES string of the molecule is C=[PH](CCCC)c1ccccc1-c1c(PC)cc(C)cc1PC. The van der Waals surface area contributed by atoms with E-state index in [0.29, 0.717) is 0 Å². The fourth-order valence-electron chi connectivity index (χ4n) is 3.01. The molecule has 2 aromatic rings. The second-order valence-corrected chi connectivity index (χ2v) is 10.3. The number of unbranched alkanes of at least 4 members (excludes halogenated alkanes) is 1.